The van der Waals surface area contributed by atoms with Crippen LogP contribution in [0.25, 0.3) is 0 Å². The van der Waals surface area contributed by atoms with Crippen molar-refractivity contribution in [3.63, 3.8) is 0 Å². The van der Waals surface area contributed by atoms with Crippen molar-refractivity contribution in [1.29, 1.82) is 0 Å². The molecule has 0 atom stereocenters. The predicted octanol–water partition coefficient (Wildman–Crippen LogP) is 2.25. The molecular weight excluding hydrogens is 292 g/mol. The first-order valence-electron chi connectivity index (χ1n) is 7.98. The van der Waals surface area contributed by atoms with Crippen LogP contribution < -0.4 is 15.4 Å². The van der Waals surface area contributed by atoms with Crippen LogP contribution in [0.2, 0.25) is 0 Å². The van der Waals surface area contributed by atoms with Gasteiger partial charge in [-0.1, -0.05) is 46.8 Å². The average molecular weight is 320 g/mol. The van der Waals surface area contributed by atoms with Crippen LogP contribution in [-0.2, 0) is 15.0 Å². The van der Waals surface area contributed by atoms with E-state index in [1.54, 1.807) is 0 Å². The van der Waals surface area contributed by atoms with Gasteiger partial charge in [0, 0.05) is 19.0 Å². The van der Waals surface area contributed by atoms with Crippen molar-refractivity contribution in [1.82, 2.24) is 10.6 Å². The van der Waals surface area contributed by atoms with Crippen molar-refractivity contribution in [3.05, 3.63) is 29.8 Å². The Bertz CT molecular complexity index is 516. The summed E-state index contributed by atoms with van der Waals surface area (Å²) in [7, 11) is 0. The molecule has 0 aliphatic carbocycles. The van der Waals surface area contributed by atoms with Gasteiger partial charge in [-0.25, -0.2) is 0 Å². The Morgan fingerprint density at radius 2 is 1.61 bits per heavy atom. The molecule has 23 heavy (non-hydrogen) atoms. The molecule has 2 N–H and O–H groups in total. The summed E-state index contributed by atoms with van der Waals surface area (Å²) < 4.78 is 5.45. The lowest BCUT2D eigenvalue weighted by molar-refractivity contribution is -0.125. The van der Waals surface area contributed by atoms with Crippen molar-refractivity contribution in [2.24, 2.45) is 5.92 Å². The molecule has 0 spiro atoms. The number of carbonyl (C=O) groups is 2. The van der Waals surface area contributed by atoms with Gasteiger partial charge in [-0.15, -0.1) is 0 Å². The van der Waals surface area contributed by atoms with Crippen LogP contribution in [0.1, 0.15) is 40.2 Å². The second-order valence-electron chi connectivity index (χ2n) is 6.86. The summed E-state index contributed by atoms with van der Waals surface area (Å²) in [6.07, 6.45) is 0. The molecule has 0 saturated heterocycles. The third-order valence-electron chi connectivity index (χ3n) is 3.36. The van der Waals surface area contributed by atoms with Crippen molar-refractivity contribution >= 4 is 11.8 Å². The lowest BCUT2D eigenvalue weighted by Crippen LogP contribution is -2.38. The fourth-order valence-corrected chi connectivity index (χ4v) is 1.84. The summed E-state index contributed by atoms with van der Waals surface area (Å²) in [5.74, 6) is 0.393. The van der Waals surface area contributed by atoms with Crippen LogP contribution in [0.15, 0.2) is 24.3 Å². The maximum atomic E-state index is 11.7. The second kappa shape index (κ2) is 8.56. The number of rotatable bonds is 7. The Kier molecular flexibility index (Phi) is 7.07. The van der Waals surface area contributed by atoms with Gasteiger partial charge in [0.1, 0.15) is 5.75 Å². The highest BCUT2D eigenvalue weighted by Gasteiger charge is 2.13. The van der Waals surface area contributed by atoms with Gasteiger partial charge in [-0.3, -0.25) is 9.59 Å². The zero-order chi connectivity index (χ0) is 17.5. The molecule has 128 valence electrons. The number of carbonyl (C=O) groups excluding carboxylic acids is 2. The molecule has 1 rings (SSSR count). The molecule has 0 saturated carbocycles. The maximum absolute atomic E-state index is 11.7. The topological polar surface area (TPSA) is 67.4 Å². The predicted molar refractivity (Wildman–Crippen MR) is 91.5 cm³/mol. The van der Waals surface area contributed by atoms with Crippen LogP contribution in [0.4, 0.5) is 0 Å². The van der Waals surface area contributed by atoms with Gasteiger partial charge < -0.3 is 15.4 Å². The van der Waals surface area contributed by atoms with Gasteiger partial charge in [-0.2, -0.15) is 0 Å². The monoisotopic (exact) mass is 320 g/mol. The molecule has 1 aromatic carbocycles. The van der Waals surface area contributed by atoms with Gasteiger partial charge in [-0.05, 0) is 23.1 Å². The van der Waals surface area contributed by atoms with Gasteiger partial charge in [0.15, 0.2) is 6.61 Å². The standard InChI is InChI=1S/C18H28N2O3/c1-13(2)17(22)20-11-10-19-16(21)12-23-15-8-6-14(7-9-15)18(3,4)5/h6-9,13H,10-12H2,1-5H3,(H,19,21)(H,20,22). The fourth-order valence-electron chi connectivity index (χ4n) is 1.84. The quantitative estimate of drug-likeness (QED) is 0.757. The molecule has 0 fully saturated rings. The number of benzene rings is 1. The number of ether oxygens (including phenoxy) is 1. The van der Waals surface area contributed by atoms with E-state index in [1.165, 1.54) is 5.56 Å². The smallest absolute Gasteiger partial charge is 0.258 e. The summed E-state index contributed by atoms with van der Waals surface area (Å²) in [6, 6.07) is 7.76. The van der Waals surface area contributed by atoms with Crippen molar-refractivity contribution in [2.45, 2.75) is 40.0 Å². The minimum atomic E-state index is -0.205. The minimum absolute atomic E-state index is 0.0190. The van der Waals surface area contributed by atoms with Gasteiger partial charge in [0.2, 0.25) is 5.91 Å². The van der Waals surface area contributed by atoms with Crippen LogP contribution in [-0.4, -0.2) is 31.5 Å². The lowest BCUT2D eigenvalue weighted by atomic mass is 9.87. The van der Waals surface area contributed by atoms with E-state index in [4.69, 9.17) is 4.74 Å². The van der Waals surface area contributed by atoms with Gasteiger partial charge >= 0.3 is 0 Å². The first-order valence-corrected chi connectivity index (χ1v) is 7.98. The molecule has 5 heteroatoms. The first kappa shape index (κ1) is 19.0. The Morgan fingerprint density at radius 3 is 2.13 bits per heavy atom. The zero-order valence-electron chi connectivity index (χ0n) is 14.7. The van der Waals surface area contributed by atoms with Crippen LogP contribution in [0, 0.1) is 5.92 Å². The molecule has 0 radical (unpaired) electrons. The van der Waals surface area contributed by atoms with Crippen molar-refractivity contribution < 1.29 is 14.3 Å². The van der Waals surface area contributed by atoms with Crippen LogP contribution >= 0.6 is 0 Å². The van der Waals surface area contributed by atoms with E-state index < -0.39 is 0 Å². The van der Waals surface area contributed by atoms with E-state index in [0.717, 1.165) is 0 Å². The summed E-state index contributed by atoms with van der Waals surface area (Å²) in [4.78, 5) is 23.0. The molecule has 0 unspecified atom stereocenters. The summed E-state index contributed by atoms with van der Waals surface area (Å²) in [5.41, 5.74) is 1.31. The molecule has 1 aromatic rings. The summed E-state index contributed by atoms with van der Waals surface area (Å²) in [5, 5.41) is 5.44. The molecule has 0 aromatic heterocycles. The van der Waals surface area contributed by atoms with Crippen LogP contribution in [0.5, 0.6) is 5.75 Å². The highest BCUT2D eigenvalue weighted by atomic mass is 16.5. The zero-order valence-corrected chi connectivity index (χ0v) is 14.7. The highest BCUT2D eigenvalue weighted by Crippen LogP contribution is 2.24. The maximum Gasteiger partial charge on any atom is 0.258 e. The fraction of sp³-hybridized carbons (Fsp3) is 0.556. The SMILES string of the molecule is CC(C)C(=O)NCCNC(=O)COc1ccc(C(C)(C)C)cc1. The van der Waals surface area contributed by atoms with E-state index >= 15 is 0 Å². The van der Waals surface area contributed by atoms with Gasteiger partial charge in [0.25, 0.3) is 5.91 Å². The van der Waals surface area contributed by atoms with E-state index in [9.17, 15) is 9.59 Å². The third-order valence-corrected chi connectivity index (χ3v) is 3.36. The number of nitrogens with one attached hydrogen (secondary N) is 2. The second-order valence-corrected chi connectivity index (χ2v) is 6.86. The lowest BCUT2D eigenvalue weighted by Gasteiger charge is -2.19. The largest absolute Gasteiger partial charge is 0.484 e. The summed E-state index contributed by atoms with van der Waals surface area (Å²) >= 11 is 0. The van der Waals surface area contributed by atoms with Crippen LogP contribution in [0.3, 0.4) is 0 Å². The van der Waals surface area contributed by atoms with E-state index in [-0.39, 0.29) is 29.8 Å². The number of amides is 2. The third kappa shape index (κ3) is 7.17. The van der Waals surface area contributed by atoms with Crippen molar-refractivity contribution in [3.8, 4) is 5.75 Å². The minimum Gasteiger partial charge on any atom is -0.484 e. The first-order chi connectivity index (χ1) is 10.7. The van der Waals surface area contributed by atoms with Crippen molar-refractivity contribution in [2.75, 3.05) is 19.7 Å². The Balaban J connectivity index is 2.27. The van der Waals surface area contributed by atoms with E-state index in [2.05, 4.69) is 31.4 Å². The van der Waals surface area contributed by atoms with Gasteiger partial charge in [0.05, 0.1) is 0 Å². The highest BCUT2D eigenvalue weighted by molar-refractivity contribution is 5.78. The number of hydrogen-bond acceptors (Lipinski definition) is 3. The Hall–Kier alpha value is -2.04. The normalized spacial score (nSPS) is 11.2. The van der Waals surface area contributed by atoms with E-state index in [0.29, 0.717) is 18.8 Å². The molecule has 0 heterocycles. The summed E-state index contributed by atoms with van der Waals surface area (Å²) in [6.45, 7) is 10.9. The molecule has 0 aliphatic heterocycles. The van der Waals surface area contributed by atoms with E-state index in [1.807, 2.05) is 38.1 Å². The molecule has 0 aliphatic rings. The molecular formula is C18H28N2O3. The molecule has 0 bridgehead atoms. The average Bonchev–Trinajstić information content (AvgIpc) is 2.48. The molecule has 5 nitrogen and oxygen atoms in total. The number of hydrogen-bond donors (Lipinski definition) is 2. The Morgan fingerprint density at radius 1 is 1.04 bits per heavy atom. The Labute approximate surface area is 138 Å². The molecule has 2 amide bonds.